The number of phenols is 1. The third-order valence-corrected chi connectivity index (χ3v) is 3.58. The molecular formula is C14H21NO. The van der Waals surface area contributed by atoms with Crippen LogP contribution in [0.1, 0.15) is 38.3 Å². The van der Waals surface area contributed by atoms with Gasteiger partial charge in [-0.05, 0) is 31.4 Å². The van der Waals surface area contributed by atoms with Crippen molar-refractivity contribution in [2.45, 2.75) is 32.7 Å². The molecule has 0 aromatic heterocycles. The van der Waals surface area contributed by atoms with E-state index in [2.05, 4.69) is 18.7 Å². The first-order valence-electron chi connectivity index (χ1n) is 6.24. The monoisotopic (exact) mass is 219 g/mol. The van der Waals surface area contributed by atoms with Crippen LogP contribution in [0.15, 0.2) is 24.3 Å². The van der Waals surface area contributed by atoms with Crippen LogP contribution >= 0.6 is 0 Å². The van der Waals surface area contributed by atoms with Crippen molar-refractivity contribution in [3.8, 4) is 5.75 Å². The van der Waals surface area contributed by atoms with Crippen molar-refractivity contribution >= 4 is 0 Å². The SMILES string of the molecule is CCC(c1ccccc1O)N1CCC(C)C1. The van der Waals surface area contributed by atoms with Crippen LogP contribution in [0.5, 0.6) is 5.75 Å². The summed E-state index contributed by atoms with van der Waals surface area (Å²) in [6.07, 6.45) is 2.34. The van der Waals surface area contributed by atoms with Crippen molar-refractivity contribution < 1.29 is 5.11 Å². The summed E-state index contributed by atoms with van der Waals surface area (Å²) in [7, 11) is 0. The molecule has 2 heteroatoms. The molecule has 2 atom stereocenters. The fourth-order valence-corrected chi connectivity index (χ4v) is 2.70. The largest absolute Gasteiger partial charge is 0.508 e. The summed E-state index contributed by atoms with van der Waals surface area (Å²) in [4.78, 5) is 2.50. The van der Waals surface area contributed by atoms with Gasteiger partial charge in [-0.25, -0.2) is 0 Å². The van der Waals surface area contributed by atoms with Crippen LogP contribution in [-0.4, -0.2) is 23.1 Å². The lowest BCUT2D eigenvalue weighted by molar-refractivity contribution is 0.228. The summed E-state index contributed by atoms with van der Waals surface area (Å²) < 4.78 is 0. The van der Waals surface area contributed by atoms with Gasteiger partial charge in [0.1, 0.15) is 5.75 Å². The van der Waals surface area contributed by atoms with Gasteiger partial charge in [0.25, 0.3) is 0 Å². The molecule has 1 aromatic carbocycles. The Morgan fingerprint density at radius 1 is 1.44 bits per heavy atom. The third-order valence-electron chi connectivity index (χ3n) is 3.58. The molecule has 0 saturated carbocycles. The summed E-state index contributed by atoms with van der Waals surface area (Å²) in [5.74, 6) is 1.23. The Kier molecular flexibility index (Phi) is 3.49. The summed E-state index contributed by atoms with van der Waals surface area (Å²) >= 11 is 0. The number of nitrogens with zero attached hydrogens (tertiary/aromatic N) is 1. The maximum Gasteiger partial charge on any atom is 0.120 e. The highest BCUT2D eigenvalue weighted by atomic mass is 16.3. The summed E-state index contributed by atoms with van der Waals surface area (Å²) in [6.45, 7) is 6.82. The quantitative estimate of drug-likeness (QED) is 0.844. The van der Waals surface area contributed by atoms with Gasteiger partial charge in [-0.15, -0.1) is 0 Å². The molecule has 0 radical (unpaired) electrons. The van der Waals surface area contributed by atoms with E-state index in [1.807, 2.05) is 18.2 Å². The minimum atomic E-state index is 0.381. The highest BCUT2D eigenvalue weighted by molar-refractivity contribution is 5.34. The Balaban J connectivity index is 2.19. The maximum absolute atomic E-state index is 9.91. The van der Waals surface area contributed by atoms with Gasteiger partial charge >= 0.3 is 0 Å². The lowest BCUT2D eigenvalue weighted by Crippen LogP contribution is -2.26. The average Bonchev–Trinajstić information content (AvgIpc) is 2.69. The molecular weight excluding hydrogens is 198 g/mol. The molecule has 2 unspecified atom stereocenters. The molecule has 1 heterocycles. The minimum absolute atomic E-state index is 0.381. The Morgan fingerprint density at radius 2 is 2.19 bits per heavy atom. The second-order valence-electron chi connectivity index (χ2n) is 4.87. The second kappa shape index (κ2) is 4.88. The van der Waals surface area contributed by atoms with Gasteiger partial charge in [-0.2, -0.15) is 0 Å². The molecule has 2 rings (SSSR count). The first-order chi connectivity index (χ1) is 7.72. The standard InChI is InChI=1S/C14H21NO/c1-3-13(15-9-8-11(2)10-15)12-6-4-5-7-14(12)16/h4-7,11,13,16H,3,8-10H2,1-2H3. The molecule has 0 amide bonds. The van der Waals surface area contributed by atoms with Gasteiger partial charge in [-0.1, -0.05) is 32.0 Å². The van der Waals surface area contributed by atoms with Crippen molar-refractivity contribution in [1.82, 2.24) is 4.90 Å². The van der Waals surface area contributed by atoms with E-state index in [1.54, 1.807) is 6.07 Å². The second-order valence-corrected chi connectivity index (χ2v) is 4.87. The number of para-hydroxylation sites is 1. The number of likely N-dealkylation sites (tertiary alicyclic amines) is 1. The first-order valence-corrected chi connectivity index (χ1v) is 6.24. The van der Waals surface area contributed by atoms with E-state index >= 15 is 0 Å². The van der Waals surface area contributed by atoms with Gasteiger partial charge in [0.05, 0.1) is 0 Å². The summed E-state index contributed by atoms with van der Waals surface area (Å²) in [5, 5.41) is 9.91. The summed E-state index contributed by atoms with van der Waals surface area (Å²) in [5.41, 5.74) is 1.08. The van der Waals surface area contributed by atoms with Crippen molar-refractivity contribution in [2.24, 2.45) is 5.92 Å². The van der Waals surface area contributed by atoms with Crippen LogP contribution in [0.3, 0.4) is 0 Å². The Labute approximate surface area is 97.9 Å². The fourth-order valence-electron chi connectivity index (χ4n) is 2.70. The molecule has 0 spiro atoms. The Hall–Kier alpha value is -1.02. The lowest BCUT2D eigenvalue weighted by Gasteiger charge is -2.27. The number of phenolic OH excluding ortho intramolecular Hbond substituents is 1. The molecule has 1 fully saturated rings. The van der Waals surface area contributed by atoms with Crippen LogP contribution in [0.2, 0.25) is 0 Å². The zero-order valence-corrected chi connectivity index (χ0v) is 10.2. The van der Waals surface area contributed by atoms with Crippen molar-refractivity contribution in [2.75, 3.05) is 13.1 Å². The van der Waals surface area contributed by atoms with E-state index < -0.39 is 0 Å². The highest BCUT2D eigenvalue weighted by Gasteiger charge is 2.27. The molecule has 1 aliphatic heterocycles. The van der Waals surface area contributed by atoms with E-state index in [4.69, 9.17) is 0 Å². The van der Waals surface area contributed by atoms with E-state index in [9.17, 15) is 5.11 Å². The average molecular weight is 219 g/mol. The highest BCUT2D eigenvalue weighted by Crippen LogP contribution is 2.34. The number of hydrogen-bond acceptors (Lipinski definition) is 2. The van der Waals surface area contributed by atoms with Crippen LogP contribution in [0.4, 0.5) is 0 Å². The van der Waals surface area contributed by atoms with Crippen molar-refractivity contribution in [3.63, 3.8) is 0 Å². The molecule has 1 aliphatic rings. The van der Waals surface area contributed by atoms with Crippen LogP contribution in [-0.2, 0) is 0 Å². The smallest absolute Gasteiger partial charge is 0.120 e. The normalized spacial score (nSPS) is 23.5. The zero-order chi connectivity index (χ0) is 11.5. The predicted octanol–water partition coefficient (Wildman–Crippen LogP) is 3.19. The van der Waals surface area contributed by atoms with Crippen LogP contribution in [0, 0.1) is 5.92 Å². The Bertz CT molecular complexity index is 350. The van der Waals surface area contributed by atoms with E-state index in [0.29, 0.717) is 11.8 Å². The number of hydrogen-bond donors (Lipinski definition) is 1. The van der Waals surface area contributed by atoms with Gasteiger partial charge in [0.2, 0.25) is 0 Å². The molecule has 2 nitrogen and oxygen atoms in total. The number of rotatable bonds is 3. The lowest BCUT2D eigenvalue weighted by atomic mass is 10.0. The van der Waals surface area contributed by atoms with Gasteiger partial charge in [-0.3, -0.25) is 4.90 Å². The predicted molar refractivity (Wildman–Crippen MR) is 66.5 cm³/mol. The maximum atomic E-state index is 9.91. The molecule has 0 aliphatic carbocycles. The topological polar surface area (TPSA) is 23.5 Å². The van der Waals surface area contributed by atoms with Gasteiger partial charge < -0.3 is 5.11 Å². The molecule has 16 heavy (non-hydrogen) atoms. The fraction of sp³-hybridized carbons (Fsp3) is 0.571. The van der Waals surface area contributed by atoms with E-state index in [-0.39, 0.29) is 0 Å². The molecule has 1 saturated heterocycles. The van der Waals surface area contributed by atoms with E-state index in [0.717, 1.165) is 31.0 Å². The Morgan fingerprint density at radius 3 is 2.75 bits per heavy atom. The minimum Gasteiger partial charge on any atom is -0.508 e. The molecule has 1 N–H and O–H groups in total. The van der Waals surface area contributed by atoms with Crippen molar-refractivity contribution in [3.05, 3.63) is 29.8 Å². The zero-order valence-electron chi connectivity index (χ0n) is 10.2. The number of aromatic hydroxyl groups is 1. The van der Waals surface area contributed by atoms with Crippen LogP contribution < -0.4 is 0 Å². The summed E-state index contributed by atoms with van der Waals surface area (Å²) in [6, 6.07) is 8.12. The van der Waals surface area contributed by atoms with Gasteiger partial charge in [0, 0.05) is 18.2 Å². The van der Waals surface area contributed by atoms with Gasteiger partial charge in [0.15, 0.2) is 0 Å². The number of benzene rings is 1. The van der Waals surface area contributed by atoms with Crippen molar-refractivity contribution in [1.29, 1.82) is 0 Å². The molecule has 0 bridgehead atoms. The van der Waals surface area contributed by atoms with Crippen LogP contribution in [0.25, 0.3) is 0 Å². The van der Waals surface area contributed by atoms with E-state index in [1.165, 1.54) is 6.42 Å². The molecule has 1 aromatic rings. The third kappa shape index (κ3) is 2.22. The first kappa shape index (κ1) is 11.5. The molecule has 88 valence electrons.